The molecule has 0 aromatic rings. The average Bonchev–Trinajstić information content (AvgIpc) is 2.69. The largest absolute Gasteiger partial charge is 0.463 e. The molecule has 1 fully saturated rings. The molecule has 6 atom stereocenters. The van der Waals surface area contributed by atoms with Crippen molar-refractivity contribution in [1.82, 2.24) is 5.32 Å². The SMILES string of the molecule is CCCCO[C@@H]1C(COC(C)=O)O[C@H](CP(=O)(O)OC)C(NC(C)=O)[C@H]1OCCCC. The summed E-state index contributed by atoms with van der Waals surface area (Å²) in [7, 11) is -2.83. The molecule has 1 heterocycles. The maximum Gasteiger partial charge on any atom is 0.330 e. The number of rotatable bonds is 14. The Labute approximate surface area is 184 Å². The molecule has 0 saturated carbocycles. The molecule has 0 bridgehead atoms. The first kappa shape index (κ1) is 28.0. The molecule has 2 N–H and O–H groups in total. The molecule has 11 heteroatoms. The molecule has 0 spiro atoms. The summed E-state index contributed by atoms with van der Waals surface area (Å²) in [5, 5.41) is 2.80. The molecule has 1 amide bonds. The molecule has 1 saturated heterocycles. The fraction of sp³-hybridized carbons (Fsp3) is 0.900. The van der Waals surface area contributed by atoms with Crippen LogP contribution in [0.1, 0.15) is 53.4 Å². The summed E-state index contributed by atoms with van der Waals surface area (Å²) in [4.78, 5) is 33.4. The first-order valence-corrected chi connectivity index (χ1v) is 12.6. The van der Waals surface area contributed by atoms with Gasteiger partial charge < -0.3 is 33.7 Å². The van der Waals surface area contributed by atoms with Crippen molar-refractivity contribution in [1.29, 1.82) is 0 Å². The van der Waals surface area contributed by atoms with Crippen LogP contribution in [0.2, 0.25) is 0 Å². The van der Waals surface area contributed by atoms with E-state index in [1.807, 2.05) is 13.8 Å². The molecular weight excluding hydrogens is 429 g/mol. The minimum atomic E-state index is -3.97. The molecule has 1 rings (SSSR count). The van der Waals surface area contributed by atoms with E-state index in [4.69, 9.17) is 23.5 Å². The normalized spacial score (nSPS) is 28.0. The van der Waals surface area contributed by atoms with E-state index in [0.29, 0.717) is 13.2 Å². The molecule has 182 valence electrons. The second-order valence-electron chi connectivity index (χ2n) is 7.62. The molecule has 0 aliphatic carbocycles. The van der Waals surface area contributed by atoms with Crippen LogP contribution in [-0.4, -0.2) is 80.3 Å². The van der Waals surface area contributed by atoms with Crippen molar-refractivity contribution >= 4 is 19.5 Å². The molecule has 10 nitrogen and oxygen atoms in total. The standard InChI is InChI=1S/C20H38NO9P/c1-6-8-10-27-19-16(12-29-15(4)23)30-17(13-31(24,25)26-5)18(21-14(3)22)20(19)28-11-9-7-2/h16-20H,6-13H2,1-5H3,(H,21,22)(H,24,25)/t16?,17-,18?,19-,20-/m1/s1. The quantitative estimate of drug-likeness (QED) is 0.224. The Hall–Kier alpha value is -1.03. The summed E-state index contributed by atoms with van der Waals surface area (Å²) in [6.07, 6.45) is 0.121. The summed E-state index contributed by atoms with van der Waals surface area (Å²) in [5.41, 5.74) is 0. The molecule has 0 aromatic heterocycles. The van der Waals surface area contributed by atoms with E-state index in [9.17, 15) is 19.0 Å². The number of hydrogen-bond acceptors (Lipinski definition) is 8. The Morgan fingerprint density at radius 3 is 2.10 bits per heavy atom. The molecule has 1 aliphatic heterocycles. The lowest BCUT2D eigenvalue weighted by atomic mass is 9.92. The third-order valence-electron chi connectivity index (χ3n) is 4.93. The van der Waals surface area contributed by atoms with E-state index in [2.05, 4.69) is 5.32 Å². The van der Waals surface area contributed by atoms with Crippen molar-refractivity contribution in [2.75, 3.05) is 33.1 Å². The smallest absolute Gasteiger partial charge is 0.330 e. The predicted molar refractivity (Wildman–Crippen MR) is 114 cm³/mol. The Bertz CT molecular complexity index is 603. The summed E-state index contributed by atoms with van der Waals surface area (Å²) >= 11 is 0. The molecule has 0 aromatic carbocycles. The Morgan fingerprint density at radius 1 is 1.03 bits per heavy atom. The second-order valence-corrected chi connectivity index (χ2v) is 9.63. The van der Waals surface area contributed by atoms with Gasteiger partial charge in [-0.05, 0) is 12.8 Å². The van der Waals surface area contributed by atoms with Gasteiger partial charge in [0.25, 0.3) is 0 Å². The van der Waals surface area contributed by atoms with Gasteiger partial charge in [0.15, 0.2) is 0 Å². The number of carbonyl (C=O) groups is 2. The van der Waals surface area contributed by atoms with Crippen LogP contribution in [0.4, 0.5) is 0 Å². The van der Waals surface area contributed by atoms with E-state index in [1.165, 1.54) is 13.8 Å². The monoisotopic (exact) mass is 467 g/mol. The molecular formula is C20H38NO9P. The van der Waals surface area contributed by atoms with Crippen molar-refractivity contribution in [3.05, 3.63) is 0 Å². The Balaban J connectivity index is 3.26. The third kappa shape index (κ3) is 9.97. The molecule has 1 aliphatic rings. The van der Waals surface area contributed by atoms with Crippen molar-refractivity contribution < 1.29 is 42.5 Å². The lowest BCUT2D eigenvalue weighted by Gasteiger charge is -2.46. The van der Waals surface area contributed by atoms with Crippen LogP contribution >= 0.6 is 7.60 Å². The molecule has 31 heavy (non-hydrogen) atoms. The topological polar surface area (TPSA) is 130 Å². The minimum Gasteiger partial charge on any atom is -0.463 e. The van der Waals surface area contributed by atoms with Gasteiger partial charge in [-0.2, -0.15) is 0 Å². The van der Waals surface area contributed by atoms with Crippen LogP contribution in [0.3, 0.4) is 0 Å². The van der Waals surface area contributed by atoms with Gasteiger partial charge in [0.05, 0.1) is 18.3 Å². The highest BCUT2D eigenvalue weighted by Gasteiger charge is 2.49. The summed E-state index contributed by atoms with van der Waals surface area (Å²) in [5.74, 6) is -0.816. The van der Waals surface area contributed by atoms with Gasteiger partial charge in [-0.1, -0.05) is 26.7 Å². The number of hydrogen-bond donors (Lipinski definition) is 2. The maximum absolute atomic E-state index is 12.3. The number of unbranched alkanes of at least 4 members (excludes halogenated alkanes) is 2. The van der Waals surface area contributed by atoms with Gasteiger partial charge in [0, 0.05) is 34.2 Å². The van der Waals surface area contributed by atoms with Crippen LogP contribution in [-0.2, 0) is 37.6 Å². The fourth-order valence-electron chi connectivity index (χ4n) is 3.34. The van der Waals surface area contributed by atoms with Crippen LogP contribution in [0.25, 0.3) is 0 Å². The van der Waals surface area contributed by atoms with Gasteiger partial charge >= 0.3 is 13.6 Å². The maximum atomic E-state index is 12.3. The van der Waals surface area contributed by atoms with E-state index in [1.54, 1.807) is 0 Å². The van der Waals surface area contributed by atoms with Gasteiger partial charge in [0.2, 0.25) is 5.91 Å². The summed E-state index contributed by atoms with van der Waals surface area (Å²) in [6.45, 7) is 7.45. The van der Waals surface area contributed by atoms with E-state index in [-0.39, 0.29) is 18.7 Å². The number of esters is 1. The lowest BCUT2D eigenvalue weighted by Crippen LogP contribution is -2.66. The Kier molecular flexibility index (Phi) is 12.8. The number of amides is 1. The van der Waals surface area contributed by atoms with E-state index >= 15 is 0 Å². The highest BCUT2D eigenvalue weighted by Crippen LogP contribution is 2.44. The second kappa shape index (κ2) is 14.2. The zero-order chi connectivity index (χ0) is 23.4. The van der Waals surface area contributed by atoms with E-state index in [0.717, 1.165) is 32.8 Å². The van der Waals surface area contributed by atoms with Gasteiger partial charge in [0.1, 0.15) is 24.9 Å². The minimum absolute atomic E-state index is 0.105. The first-order valence-electron chi connectivity index (χ1n) is 10.8. The van der Waals surface area contributed by atoms with Crippen molar-refractivity contribution in [3.63, 3.8) is 0 Å². The lowest BCUT2D eigenvalue weighted by molar-refractivity contribution is -0.222. The van der Waals surface area contributed by atoms with Crippen LogP contribution < -0.4 is 5.32 Å². The molecule has 0 radical (unpaired) electrons. The number of carbonyl (C=O) groups excluding carboxylic acids is 2. The first-order chi connectivity index (χ1) is 14.6. The Morgan fingerprint density at radius 2 is 1.61 bits per heavy atom. The van der Waals surface area contributed by atoms with Crippen LogP contribution in [0.5, 0.6) is 0 Å². The highest BCUT2D eigenvalue weighted by molar-refractivity contribution is 7.52. The van der Waals surface area contributed by atoms with Crippen LogP contribution in [0.15, 0.2) is 0 Å². The predicted octanol–water partition coefficient (Wildman–Crippen LogP) is 2.02. The zero-order valence-corrected chi connectivity index (χ0v) is 20.1. The van der Waals surface area contributed by atoms with Crippen molar-refractivity contribution in [2.45, 2.75) is 83.8 Å². The van der Waals surface area contributed by atoms with Gasteiger partial charge in [-0.25, -0.2) is 0 Å². The zero-order valence-electron chi connectivity index (χ0n) is 19.2. The van der Waals surface area contributed by atoms with E-state index < -0.39 is 44.0 Å². The van der Waals surface area contributed by atoms with Crippen molar-refractivity contribution in [2.24, 2.45) is 0 Å². The number of ether oxygens (including phenoxy) is 4. The van der Waals surface area contributed by atoms with Gasteiger partial charge in [-0.3, -0.25) is 14.2 Å². The number of nitrogens with one attached hydrogen (secondary N) is 1. The summed E-state index contributed by atoms with van der Waals surface area (Å²) < 4.78 is 40.4. The third-order valence-corrected chi connectivity index (χ3v) is 6.32. The molecule has 3 unspecified atom stereocenters. The average molecular weight is 467 g/mol. The highest BCUT2D eigenvalue weighted by atomic mass is 31.2. The van der Waals surface area contributed by atoms with Gasteiger partial charge in [-0.15, -0.1) is 0 Å². The van der Waals surface area contributed by atoms with Crippen molar-refractivity contribution in [3.8, 4) is 0 Å². The summed E-state index contributed by atoms with van der Waals surface area (Å²) in [6, 6.07) is -0.745. The van der Waals surface area contributed by atoms with Crippen LogP contribution in [0, 0.1) is 0 Å². The fourth-order valence-corrected chi connectivity index (χ4v) is 4.26.